The number of rotatable bonds is 7. The SMILES string of the molecule is COc1cc(C(=O)N2CC3CCC2C3N)cc2nc(-c3cc4ccc(-c5ccc(F)c(C(=O)O)c5F)nc4n3CC3CC3)n(C)c12. The normalized spacial score (nSPS) is 20.7. The number of imidazole rings is 1. The Bertz CT molecular complexity index is 2100. The molecule has 3 aliphatic rings. The van der Waals surface area contributed by atoms with Crippen molar-refractivity contribution in [1.82, 2.24) is 24.0 Å². The minimum Gasteiger partial charge on any atom is -0.494 e. The summed E-state index contributed by atoms with van der Waals surface area (Å²) in [5, 5.41) is 10.2. The minimum atomic E-state index is -1.68. The number of aryl methyl sites for hydroxylation is 1. The zero-order chi connectivity index (χ0) is 32.0. The number of nitrogens with zero attached hydrogens (tertiary/aromatic N) is 5. The van der Waals surface area contributed by atoms with Crippen LogP contribution in [-0.4, -0.2) is 66.7 Å². The van der Waals surface area contributed by atoms with Crippen molar-refractivity contribution < 1.29 is 28.2 Å². The van der Waals surface area contributed by atoms with E-state index in [2.05, 4.69) is 4.57 Å². The molecule has 0 radical (unpaired) electrons. The molecule has 12 heteroatoms. The lowest BCUT2D eigenvalue weighted by Gasteiger charge is -2.27. The summed E-state index contributed by atoms with van der Waals surface area (Å²) in [5.74, 6) is -2.13. The van der Waals surface area contributed by atoms with Gasteiger partial charge >= 0.3 is 5.97 Å². The molecule has 1 aliphatic heterocycles. The molecule has 2 saturated carbocycles. The number of hydrogen-bond acceptors (Lipinski definition) is 6. The lowest BCUT2D eigenvalue weighted by atomic mass is 10.1. The standard InChI is InChI=1S/C34H32F2N6O4/c1-40-30-23(11-19(13-26(30)46-2)33(43)42-15-18-6-10-24(42)29(18)37)39-32(40)25-12-17-5-9-22(38-31(17)41(25)14-16-3-4-16)20-7-8-21(35)27(28(20)36)34(44)45/h5,7-9,11-13,16,18,24,29H,3-4,6,10,14-15,37H2,1-2H3,(H,44,45). The number of carboxylic acids is 1. The van der Waals surface area contributed by atoms with Crippen molar-refractivity contribution in [1.29, 1.82) is 0 Å². The van der Waals surface area contributed by atoms with Crippen LogP contribution in [0.5, 0.6) is 5.75 Å². The van der Waals surface area contributed by atoms with Crippen LogP contribution >= 0.6 is 0 Å². The molecular weight excluding hydrogens is 594 g/mol. The van der Waals surface area contributed by atoms with Crippen LogP contribution in [0, 0.1) is 23.5 Å². The van der Waals surface area contributed by atoms with E-state index in [1.165, 1.54) is 6.07 Å². The number of piperidine rings is 1. The molecule has 2 aliphatic carbocycles. The largest absolute Gasteiger partial charge is 0.494 e. The van der Waals surface area contributed by atoms with E-state index < -0.39 is 23.2 Å². The van der Waals surface area contributed by atoms with Gasteiger partial charge in [-0.25, -0.2) is 23.5 Å². The molecular formula is C34H32F2N6O4. The Morgan fingerprint density at radius 3 is 2.54 bits per heavy atom. The first-order valence-corrected chi connectivity index (χ1v) is 15.5. The molecule has 4 heterocycles. The van der Waals surface area contributed by atoms with E-state index in [1.54, 1.807) is 25.3 Å². The summed E-state index contributed by atoms with van der Waals surface area (Å²) in [7, 11) is 3.47. The van der Waals surface area contributed by atoms with Gasteiger partial charge in [0, 0.05) is 48.7 Å². The number of aromatic carboxylic acids is 1. The van der Waals surface area contributed by atoms with Crippen LogP contribution in [0.15, 0.2) is 42.5 Å². The molecule has 2 aromatic carbocycles. The summed E-state index contributed by atoms with van der Waals surface area (Å²) >= 11 is 0. The molecule has 3 unspecified atom stereocenters. The number of carboxylic acid groups (broad SMARTS) is 1. The maximum absolute atomic E-state index is 15.2. The predicted molar refractivity (Wildman–Crippen MR) is 167 cm³/mol. The fraction of sp³-hybridized carbons (Fsp3) is 0.353. The number of pyridine rings is 1. The molecule has 5 aromatic rings. The number of nitrogens with two attached hydrogens (primary N) is 1. The highest BCUT2D eigenvalue weighted by Gasteiger charge is 2.47. The van der Waals surface area contributed by atoms with Gasteiger partial charge in [-0.15, -0.1) is 0 Å². The number of carbonyl (C=O) groups excluding carboxylic acids is 1. The first-order valence-electron chi connectivity index (χ1n) is 15.5. The summed E-state index contributed by atoms with van der Waals surface area (Å²) in [6, 6.07) is 11.2. The van der Waals surface area contributed by atoms with Crippen LogP contribution < -0.4 is 10.5 Å². The van der Waals surface area contributed by atoms with Crippen molar-refractivity contribution in [3.05, 3.63) is 65.2 Å². The second-order valence-corrected chi connectivity index (χ2v) is 12.8. The van der Waals surface area contributed by atoms with Gasteiger partial charge in [0.05, 0.1) is 24.0 Å². The van der Waals surface area contributed by atoms with Gasteiger partial charge in [-0.3, -0.25) is 4.79 Å². The molecule has 1 saturated heterocycles. The fourth-order valence-electron chi connectivity index (χ4n) is 7.42. The Kier molecular flexibility index (Phi) is 6.44. The third-order valence-electron chi connectivity index (χ3n) is 10.0. The Morgan fingerprint density at radius 2 is 1.87 bits per heavy atom. The molecule has 3 fully saturated rings. The van der Waals surface area contributed by atoms with Crippen LogP contribution in [-0.2, 0) is 13.6 Å². The third-order valence-corrected chi connectivity index (χ3v) is 10.0. The highest BCUT2D eigenvalue weighted by atomic mass is 19.1. The van der Waals surface area contributed by atoms with Gasteiger partial charge in [0.2, 0.25) is 0 Å². The number of aromatic nitrogens is 4. The Morgan fingerprint density at radius 1 is 1.07 bits per heavy atom. The van der Waals surface area contributed by atoms with Crippen LogP contribution in [0.25, 0.3) is 44.8 Å². The van der Waals surface area contributed by atoms with Gasteiger partial charge in [-0.05, 0) is 80.0 Å². The topological polar surface area (TPSA) is 129 Å². The van der Waals surface area contributed by atoms with Crippen LogP contribution in [0.1, 0.15) is 46.4 Å². The van der Waals surface area contributed by atoms with Gasteiger partial charge in [0.25, 0.3) is 5.91 Å². The molecule has 8 rings (SSSR count). The van der Waals surface area contributed by atoms with Crippen molar-refractivity contribution >= 4 is 33.9 Å². The molecule has 3 aromatic heterocycles. The predicted octanol–water partition coefficient (Wildman–Crippen LogP) is 5.21. The number of amides is 1. The van der Waals surface area contributed by atoms with Crippen molar-refractivity contribution in [3.63, 3.8) is 0 Å². The van der Waals surface area contributed by atoms with E-state index in [1.807, 2.05) is 28.6 Å². The minimum absolute atomic E-state index is 0.0114. The first kappa shape index (κ1) is 28.6. The number of ether oxygens (including phenoxy) is 1. The van der Waals surface area contributed by atoms with E-state index >= 15 is 4.39 Å². The Labute approximate surface area is 262 Å². The van der Waals surface area contributed by atoms with Gasteiger partial charge in [-0.1, -0.05) is 0 Å². The maximum Gasteiger partial charge on any atom is 0.341 e. The maximum atomic E-state index is 15.2. The van der Waals surface area contributed by atoms with E-state index in [9.17, 15) is 19.1 Å². The summed E-state index contributed by atoms with van der Waals surface area (Å²) in [6.45, 7) is 1.32. The number of hydrogen-bond donors (Lipinski definition) is 2. The smallest absolute Gasteiger partial charge is 0.341 e. The van der Waals surface area contributed by atoms with Crippen molar-refractivity contribution in [2.24, 2.45) is 24.6 Å². The van der Waals surface area contributed by atoms with Crippen LogP contribution in [0.4, 0.5) is 8.78 Å². The fourth-order valence-corrected chi connectivity index (χ4v) is 7.42. The summed E-state index contributed by atoms with van der Waals surface area (Å²) in [6.07, 6.45) is 4.10. The summed E-state index contributed by atoms with van der Waals surface area (Å²) < 4.78 is 39.2. The average Bonchev–Trinajstić information content (AvgIpc) is 3.44. The van der Waals surface area contributed by atoms with Crippen molar-refractivity contribution in [3.8, 4) is 28.5 Å². The number of halogens is 2. The second-order valence-electron chi connectivity index (χ2n) is 12.8. The second kappa shape index (κ2) is 10.3. The molecule has 2 bridgehead atoms. The molecule has 3 atom stereocenters. The van der Waals surface area contributed by atoms with Gasteiger partial charge < -0.3 is 29.6 Å². The molecule has 46 heavy (non-hydrogen) atoms. The van der Waals surface area contributed by atoms with Gasteiger partial charge in [-0.2, -0.15) is 0 Å². The molecule has 236 valence electrons. The van der Waals surface area contributed by atoms with E-state index in [0.29, 0.717) is 53.2 Å². The zero-order valence-corrected chi connectivity index (χ0v) is 25.3. The number of likely N-dealkylation sites (tertiary alicyclic amines) is 1. The quantitative estimate of drug-likeness (QED) is 0.254. The first-order chi connectivity index (χ1) is 22.1. The number of methoxy groups -OCH3 is 1. The van der Waals surface area contributed by atoms with Gasteiger partial charge in [0.15, 0.2) is 5.82 Å². The van der Waals surface area contributed by atoms with Crippen LogP contribution in [0.2, 0.25) is 0 Å². The highest BCUT2D eigenvalue weighted by Crippen LogP contribution is 2.40. The zero-order valence-electron chi connectivity index (χ0n) is 25.3. The lowest BCUT2D eigenvalue weighted by molar-refractivity contribution is 0.0682. The number of carbonyl (C=O) groups is 2. The number of benzene rings is 2. The summed E-state index contributed by atoms with van der Waals surface area (Å²) in [5.41, 5.74) is 8.68. The Balaban J connectivity index is 1.25. The monoisotopic (exact) mass is 626 g/mol. The molecule has 1 amide bonds. The molecule has 10 nitrogen and oxygen atoms in total. The summed E-state index contributed by atoms with van der Waals surface area (Å²) in [4.78, 5) is 36.9. The highest BCUT2D eigenvalue weighted by molar-refractivity contribution is 6.00. The van der Waals surface area contributed by atoms with E-state index in [4.69, 9.17) is 20.4 Å². The van der Waals surface area contributed by atoms with Gasteiger partial charge in [0.1, 0.15) is 34.1 Å². The van der Waals surface area contributed by atoms with Crippen LogP contribution in [0.3, 0.4) is 0 Å². The third kappa shape index (κ3) is 4.30. The van der Waals surface area contributed by atoms with E-state index in [-0.39, 0.29) is 29.2 Å². The Hall–Kier alpha value is -4.84. The van der Waals surface area contributed by atoms with Crippen molar-refractivity contribution in [2.75, 3.05) is 13.7 Å². The van der Waals surface area contributed by atoms with E-state index in [0.717, 1.165) is 48.3 Å². The van der Waals surface area contributed by atoms with Crippen molar-refractivity contribution in [2.45, 2.75) is 44.3 Å². The number of fused-ring (bicyclic) bond motifs is 4. The average molecular weight is 627 g/mol. The molecule has 3 N–H and O–H groups in total. The molecule has 0 spiro atoms. The lowest BCUT2D eigenvalue weighted by Crippen LogP contribution is -2.41.